The molecule has 0 spiro atoms. The molecule has 3 atom stereocenters. The maximum atomic E-state index is 11.9. The maximum Gasteiger partial charge on any atom is 0.326 e. The van der Waals surface area contributed by atoms with Gasteiger partial charge in [0.25, 0.3) is 0 Å². The lowest BCUT2D eigenvalue weighted by Crippen LogP contribution is -2.48. The Balaban J connectivity index is 2.54. The quantitative estimate of drug-likeness (QED) is 0.591. The molecule has 1 aliphatic rings. The van der Waals surface area contributed by atoms with Crippen molar-refractivity contribution in [3.63, 3.8) is 0 Å². The molecule has 98 valence electrons. The first-order valence-electron chi connectivity index (χ1n) is 5.88. The monoisotopic (exact) mass is 244 g/mol. The molecule has 17 heavy (non-hydrogen) atoms. The third-order valence-electron chi connectivity index (χ3n) is 2.98. The summed E-state index contributed by atoms with van der Waals surface area (Å²) in [6.45, 7) is 2.72. The molecule has 1 rings (SSSR count). The molecule has 0 aromatic carbocycles. The van der Waals surface area contributed by atoms with Crippen LogP contribution in [-0.4, -0.2) is 49.3 Å². The first-order chi connectivity index (χ1) is 8.10. The van der Waals surface area contributed by atoms with Crippen LogP contribution in [0.5, 0.6) is 0 Å². The highest BCUT2D eigenvalue weighted by atomic mass is 16.5. The summed E-state index contributed by atoms with van der Waals surface area (Å²) in [6, 6.07) is -0.836. The molecule has 1 amide bonds. The van der Waals surface area contributed by atoms with Gasteiger partial charge in [-0.25, -0.2) is 4.79 Å². The van der Waals surface area contributed by atoms with E-state index in [9.17, 15) is 9.59 Å². The van der Waals surface area contributed by atoms with Crippen molar-refractivity contribution in [2.24, 2.45) is 5.92 Å². The maximum absolute atomic E-state index is 11.9. The van der Waals surface area contributed by atoms with Gasteiger partial charge in [-0.2, -0.15) is 0 Å². The molecule has 0 aliphatic carbocycles. The van der Waals surface area contributed by atoms with Crippen molar-refractivity contribution in [3.05, 3.63) is 0 Å². The SMILES string of the molecule is CCC[C@H](NC(=O)C1COCC1NC)C(=O)O. The van der Waals surface area contributed by atoms with E-state index in [0.717, 1.165) is 0 Å². The van der Waals surface area contributed by atoms with Gasteiger partial charge >= 0.3 is 5.97 Å². The Hall–Kier alpha value is -1.14. The molecule has 1 aliphatic heterocycles. The zero-order valence-electron chi connectivity index (χ0n) is 10.2. The molecule has 0 bridgehead atoms. The van der Waals surface area contributed by atoms with E-state index in [1.807, 2.05) is 6.92 Å². The van der Waals surface area contributed by atoms with E-state index in [2.05, 4.69) is 10.6 Å². The number of aliphatic carboxylic acids is 1. The van der Waals surface area contributed by atoms with Crippen molar-refractivity contribution in [2.75, 3.05) is 20.3 Å². The Morgan fingerprint density at radius 2 is 2.18 bits per heavy atom. The van der Waals surface area contributed by atoms with Gasteiger partial charge in [-0.05, 0) is 13.5 Å². The molecular weight excluding hydrogens is 224 g/mol. The number of carboxylic acids is 1. The van der Waals surface area contributed by atoms with Crippen LogP contribution >= 0.6 is 0 Å². The molecule has 0 radical (unpaired) electrons. The molecule has 1 saturated heterocycles. The van der Waals surface area contributed by atoms with Gasteiger partial charge in [0, 0.05) is 6.04 Å². The summed E-state index contributed by atoms with van der Waals surface area (Å²) in [7, 11) is 1.76. The summed E-state index contributed by atoms with van der Waals surface area (Å²) in [5, 5.41) is 14.5. The number of carboxylic acid groups (broad SMARTS) is 1. The van der Waals surface area contributed by atoms with E-state index in [1.165, 1.54) is 0 Å². The summed E-state index contributed by atoms with van der Waals surface area (Å²) in [6.07, 6.45) is 1.16. The first kappa shape index (κ1) is 13.9. The number of ether oxygens (including phenoxy) is 1. The average molecular weight is 244 g/mol. The predicted octanol–water partition coefficient (Wildman–Crippen LogP) is -0.410. The van der Waals surface area contributed by atoms with Gasteiger partial charge < -0.3 is 20.5 Å². The number of carbonyl (C=O) groups excluding carboxylic acids is 1. The lowest BCUT2D eigenvalue weighted by atomic mass is 10.0. The van der Waals surface area contributed by atoms with E-state index in [-0.39, 0.29) is 17.9 Å². The van der Waals surface area contributed by atoms with Crippen molar-refractivity contribution in [3.8, 4) is 0 Å². The molecule has 2 unspecified atom stereocenters. The van der Waals surface area contributed by atoms with Crippen LogP contribution < -0.4 is 10.6 Å². The fourth-order valence-electron chi connectivity index (χ4n) is 1.92. The van der Waals surface area contributed by atoms with Crippen LogP contribution in [0.4, 0.5) is 0 Å². The van der Waals surface area contributed by atoms with Crippen LogP contribution in [0.25, 0.3) is 0 Å². The van der Waals surface area contributed by atoms with Crippen molar-refractivity contribution >= 4 is 11.9 Å². The highest BCUT2D eigenvalue weighted by Gasteiger charge is 2.34. The Labute approximate surface area is 101 Å². The van der Waals surface area contributed by atoms with E-state index in [1.54, 1.807) is 7.05 Å². The van der Waals surface area contributed by atoms with Crippen LogP contribution in [0.2, 0.25) is 0 Å². The smallest absolute Gasteiger partial charge is 0.326 e. The second-order valence-corrected chi connectivity index (χ2v) is 4.23. The topological polar surface area (TPSA) is 87.7 Å². The minimum atomic E-state index is -0.986. The number of amides is 1. The standard InChI is InChI=1S/C11H20N2O4/c1-3-4-8(11(15)16)13-10(14)7-5-17-6-9(7)12-2/h7-9,12H,3-6H2,1-2H3,(H,13,14)(H,15,16)/t7?,8-,9?/m0/s1. The van der Waals surface area contributed by atoms with Gasteiger partial charge in [0.2, 0.25) is 5.91 Å². The molecular formula is C11H20N2O4. The Morgan fingerprint density at radius 1 is 1.47 bits per heavy atom. The summed E-state index contributed by atoms with van der Waals surface area (Å²) < 4.78 is 5.21. The largest absolute Gasteiger partial charge is 0.480 e. The Bertz CT molecular complexity index is 283. The molecule has 6 nitrogen and oxygen atoms in total. The predicted molar refractivity (Wildman–Crippen MR) is 61.6 cm³/mol. The Morgan fingerprint density at radius 3 is 2.71 bits per heavy atom. The summed E-state index contributed by atoms with van der Waals surface area (Å²) in [5.41, 5.74) is 0. The van der Waals surface area contributed by atoms with Crippen LogP contribution in [0.3, 0.4) is 0 Å². The van der Waals surface area contributed by atoms with Gasteiger partial charge in [-0.1, -0.05) is 13.3 Å². The van der Waals surface area contributed by atoms with Gasteiger partial charge in [0.15, 0.2) is 0 Å². The summed E-state index contributed by atoms with van der Waals surface area (Å²) in [5.74, 6) is -1.54. The van der Waals surface area contributed by atoms with Gasteiger partial charge in [-0.3, -0.25) is 4.79 Å². The lowest BCUT2D eigenvalue weighted by molar-refractivity contribution is -0.142. The average Bonchev–Trinajstić information content (AvgIpc) is 2.76. The first-order valence-corrected chi connectivity index (χ1v) is 5.88. The molecule has 3 N–H and O–H groups in total. The van der Waals surface area contributed by atoms with Crippen LogP contribution in [-0.2, 0) is 14.3 Å². The fourth-order valence-corrected chi connectivity index (χ4v) is 1.92. The Kier molecular flexibility index (Phi) is 5.37. The van der Waals surface area contributed by atoms with Crippen molar-refractivity contribution < 1.29 is 19.4 Å². The van der Waals surface area contributed by atoms with Crippen molar-refractivity contribution in [2.45, 2.75) is 31.8 Å². The van der Waals surface area contributed by atoms with E-state index < -0.39 is 12.0 Å². The van der Waals surface area contributed by atoms with E-state index >= 15 is 0 Å². The summed E-state index contributed by atoms with van der Waals surface area (Å²) >= 11 is 0. The number of nitrogens with one attached hydrogen (secondary N) is 2. The third-order valence-corrected chi connectivity index (χ3v) is 2.98. The highest BCUT2D eigenvalue weighted by molar-refractivity contribution is 5.85. The normalized spacial score (nSPS) is 25.5. The van der Waals surface area contributed by atoms with Crippen molar-refractivity contribution in [1.82, 2.24) is 10.6 Å². The molecule has 1 fully saturated rings. The number of likely N-dealkylation sites (N-methyl/N-ethyl adjacent to an activating group) is 1. The van der Waals surface area contributed by atoms with Gasteiger partial charge in [-0.15, -0.1) is 0 Å². The minimum absolute atomic E-state index is 0.0360. The zero-order chi connectivity index (χ0) is 12.8. The van der Waals surface area contributed by atoms with Gasteiger partial charge in [0.1, 0.15) is 6.04 Å². The molecule has 0 aromatic heterocycles. The van der Waals surface area contributed by atoms with E-state index in [4.69, 9.17) is 9.84 Å². The zero-order valence-corrected chi connectivity index (χ0v) is 10.2. The van der Waals surface area contributed by atoms with Crippen LogP contribution in [0.15, 0.2) is 0 Å². The fraction of sp³-hybridized carbons (Fsp3) is 0.818. The molecule has 0 aromatic rings. The van der Waals surface area contributed by atoms with E-state index in [0.29, 0.717) is 26.1 Å². The lowest BCUT2D eigenvalue weighted by Gasteiger charge is -2.19. The molecule has 1 heterocycles. The molecule has 6 heteroatoms. The number of hydrogen-bond donors (Lipinski definition) is 3. The summed E-state index contributed by atoms with van der Waals surface area (Å²) in [4.78, 5) is 22.8. The van der Waals surface area contributed by atoms with Crippen LogP contribution in [0.1, 0.15) is 19.8 Å². The number of carbonyl (C=O) groups is 2. The van der Waals surface area contributed by atoms with Crippen LogP contribution in [0, 0.1) is 5.92 Å². The number of hydrogen-bond acceptors (Lipinski definition) is 4. The van der Waals surface area contributed by atoms with Gasteiger partial charge in [0.05, 0.1) is 19.1 Å². The second kappa shape index (κ2) is 6.56. The number of rotatable bonds is 6. The minimum Gasteiger partial charge on any atom is -0.480 e. The highest BCUT2D eigenvalue weighted by Crippen LogP contribution is 2.14. The van der Waals surface area contributed by atoms with Crippen molar-refractivity contribution in [1.29, 1.82) is 0 Å². The molecule has 0 saturated carbocycles. The third kappa shape index (κ3) is 3.67. The second-order valence-electron chi connectivity index (χ2n) is 4.23.